The Bertz CT molecular complexity index is 1810. The molecule has 6 rings (SSSR count). The lowest BCUT2D eigenvalue weighted by molar-refractivity contribution is -0.115. The number of hydrogen-bond donors (Lipinski definition) is 1. The monoisotopic (exact) mass is 539 g/mol. The molecule has 6 aromatic rings. The van der Waals surface area contributed by atoms with Gasteiger partial charge in [0.25, 0.3) is 0 Å². The summed E-state index contributed by atoms with van der Waals surface area (Å²) in [5, 5.41) is 8.76. The smallest absolute Gasteiger partial charge is 0.237 e. The maximum absolute atomic E-state index is 13.3. The molecule has 0 aliphatic rings. The van der Waals surface area contributed by atoms with Gasteiger partial charge in [-0.25, -0.2) is 19.3 Å². The van der Waals surface area contributed by atoms with Gasteiger partial charge in [-0.05, 0) is 61.9 Å². The van der Waals surface area contributed by atoms with Gasteiger partial charge in [0, 0.05) is 24.0 Å². The third-order valence-corrected chi connectivity index (χ3v) is 7.93. The van der Waals surface area contributed by atoms with E-state index in [4.69, 9.17) is 15.1 Å². The number of para-hydroxylation sites is 3. The maximum Gasteiger partial charge on any atom is 0.237 e. The zero-order chi connectivity index (χ0) is 26.9. The first kappa shape index (κ1) is 25.0. The number of rotatable bonds is 8. The second-order valence-corrected chi connectivity index (χ2v) is 10.4. The van der Waals surface area contributed by atoms with Crippen molar-refractivity contribution in [3.63, 3.8) is 0 Å². The summed E-state index contributed by atoms with van der Waals surface area (Å²) in [5.74, 6) is 1.10. The maximum atomic E-state index is 13.3. The fraction of sp³-hybridized carbons (Fsp3) is 0.207. The number of halogens is 1. The number of thioether (sulfide) groups is 1. The molecule has 1 amide bonds. The summed E-state index contributed by atoms with van der Waals surface area (Å²) in [6.45, 7) is 4.64. The first-order valence-corrected chi connectivity index (χ1v) is 13.7. The minimum absolute atomic E-state index is 0.181. The van der Waals surface area contributed by atoms with Crippen molar-refractivity contribution in [1.82, 2.24) is 29.1 Å². The average Bonchev–Trinajstić information content (AvgIpc) is 3.52. The highest BCUT2D eigenvalue weighted by Gasteiger charge is 2.23. The molecule has 0 saturated carbocycles. The Balaban J connectivity index is 1.31. The molecule has 0 unspecified atom stereocenters. The standard InChI is InChI=1S/C29H26FN7OS/c1-3-25(28(38)32-20-14-12-19(30)13-15-20)39-29-33-22-9-5-4-8-21(22)27-34-26(35-37(27)29)16-17-36-18(2)31-23-10-6-7-11-24(23)36/h4-15,25H,3,16-17H2,1-2H3,(H,32,38)/t25-/m1/s1. The van der Waals surface area contributed by atoms with Crippen LogP contribution in [0.1, 0.15) is 25.0 Å². The normalized spacial score (nSPS) is 12.4. The molecule has 10 heteroatoms. The molecule has 0 radical (unpaired) electrons. The van der Waals surface area contributed by atoms with E-state index < -0.39 is 5.25 Å². The van der Waals surface area contributed by atoms with Gasteiger partial charge in [-0.2, -0.15) is 4.52 Å². The molecular weight excluding hydrogens is 513 g/mol. The lowest BCUT2D eigenvalue weighted by atomic mass is 10.2. The Kier molecular flexibility index (Phi) is 6.70. The molecule has 3 heterocycles. The molecule has 1 N–H and O–H groups in total. The van der Waals surface area contributed by atoms with Gasteiger partial charge in [-0.15, -0.1) is 5.10 Å². The quantitative estimate of drug-likeness (QED) is 0.193. The Labute approximate surface area is 228 Å². The number of nitrogens with zero attached hydrogens (tertiary/aromatic N) is 6. The number of hydrogen-bond acceptors (Lipinski definition) is 6. The molecule has 3 aromatic carbocycles. The Hall–Kier alpha value is -4.31. The Morgan fingerprint density at radius 2 is 1.72 bits per heavy atom. The van der Waals surface area contributed by atoms with Gasteiger partial charge in [0.2, 0.25) is 5.91 Å². The molecule has 8 nitrogen and oxygen atoms in total. The third-order valence-electron chi connectivity index (χ3n) is 6.62. The second kappa shape index (κ2) is 10.5. The van der Waals surface area contributed by atoms with Crippen molar-refractivity contribution in [2.45, 2.75) is 43.6 Å². The molecule has 0 saturated heterocycles. The van der Waals surface area contributed by atoms with E-state index >= 15 is 0 Å². The van der Waals surface area contributed by atoms with Crippen molar-refractivity contribution in [3.8, 4) is 0 Å². The number of amides is 1. The van der Waals surface area contributed by atoms with Gasteiger partial charge in [0.15, 0.2) is 16.6 Å². The van der Waals surface area contributed by atoms with Crippen LogP contribution in [0.15, 0.2) is 78.0 Å². The first-order chi connectivity index (χ1) is 19.0. The van der Waals surface area contributed by atoms with Crippen LogP contribution in [0.4, 0.5) is 10.1 Å². The average molecular weight is 540 g/mol. The van der Waals surface area contributed by atoms with E-state index in [2.05, 4.69) is 20.9 Å². The van der Waals surface area contributed by atoms with Gasteiger partial charge in [0.1, 0.15) is 11.6 Å². The molecule has 0 fully saturated rings. The molecule has 39 heavy (non-hydrogen) atoms. The van der Waals surface area contributed by atoms with E-state index in [1.807, 2.05) is 56.3 Å². The summed E-state index contributed by atoms with van der Waals surface area (Å²) < 4.78 is 17.2. The molecule has 0 spiro atoms. The predicted molar refractivity (Wildman–Crippen MR) is 151 cm³/mol. The highest BCUT2D eigenvalue weighted by atomic mass is 32.2. The SMILES string of the molecule is CC[C@@H](Sc1nc2ccccc2c2nc(CCn3c(C)nc4ccccc43)nn12)C(=O)Nc1ccc(F)cc1. The number of carbonyl (C=O) groups excluding carboxylic acids is 1. The number of anilines is 1. The van der Waals surface area contributed by atoms with Gasteiger partial charge in [-0.3, -0.25) is 4.79 Å². The van der Waals surface area contributed by atoms with Crippen LogP contribution in [0.2, 0.25) is 0 Å². The van der Waals surface area contributed by atoms with Crippen molar-refractivity contribution < 1.29 is 9.18 Å². The van der Waals surface area contributed by atoms with Crippen LogP contribution in [0.5, 0.6) is 0 Å². The van der Waals surface area contributed by atoms with Crippen molar-refractivity contribution in [2.24, 2.45) is 0 Å². The second-order valence-electron chi connectivity index (χ2n) is 9.24. The number of benzene rings is 3. The van der Waals surface area contributed by atoms with E-state index in [-0.39, 0.29) is 11.7 Å². The van der Waals surface area contributed by atoms with Gasteiger partial charge in [0.05, 0.1) is 21.8 Å². The van der Waals surface area contributed by atoms with E-state index in [0.717, 1.165) is 27.8 Å². The summed E-state index contributed by atoms with van der Waals surface area (Å²) >= 11 is 1.35. The lowest BCUT2D eigenvalue weighted by Crippen LogP contribution is -2.25. The Morgan fingerprint density at radius 1 is 0.974 bits per heavy atom. The van der Waals surface area contributed by atoms with Crippen molar-refractivity contribution in [3.05, 3.63) is 90.3 Å². The molecule has 0 bridgehead atoms. The van der Waals surface area contributed by atoms with E-state index in [9.17, 15) is 9.18 Å². The zero-order valence-corrected chi connectivity index (χ0v) is 22.3. The van der Waals surface area contributed by atoms with Crippen molar-refractivity contribution in [1.29, 1.82) is 0 Å². The molecule has 196 valence electrons. The largest absolute Gasteiger partial charge is 0.328 e. The van der Waals surface area contributed by atoms with E-state index in [1.165, 1.54) is 23.9 Å². The van der Waals surface area contributed by atoms with Crippen LogP contribution in [-0.4, -0.2) is 40.3 Å². The van der Waals surface area contributed by atoms with Gasteiger partial charge >= 0.3 is 0 Å². The molecule has 0 aliphatic heterocycles. The summed E-state index contributed by atoms with van der Waals surface area (Å²) in [6.07, 6.45) is 1.19. The predicted octanol–water partition coefficient (Wildman–Crippen LogP) is 5.83. The van der Waals surface area contributed by atoms with Crippen LogP contribution < -0.4 is 5.32 Å². The third kappa shape index (κ3) is 4.95. The number of carbonyl (C=O) groups is 1. The first-order valence-electron chi connectivity index (χ1n) is 12.8. The minimum atomic E-state index is -0.431. The van der Waals surface area contributed by atoms with E-state index in [1.54, 1.807) is 16.6 Å². The van der Waals surface area contributed by atoms with Crippen molar-refractivity contribution >= 4 is 50.9 Å². The van der Waals surface area contributed by atoms with Crippen molar-refractivity contribution in [2.75, 3.05) is 5.32 Å². The van der Waals surface area contributed by atoms with Crippen LogP contribution in [-0.2, 0) is 17.8 Å². The number of nitrogens with one attached hydrogen (secondary N) is 1. The highest BCUT2D eigenvalue weighted by molar-refractivity contribution is 8.00. The number of aryl methyl sites for hydroxylation is 3. The topological polar surface area (TPSA) is 90.0 Å². The van der Waals surface area contributed by atoms with Crippen LogP contribution in [0.25, 0.3) is 27.6 Å². The number of aromatic nitrogens is 6. The van der Waals surface area contributed by atoms with Crippen LogP contribution in [0, 0.1) is 12.7 Å². The summed E-state index contributed by atoms with van der Waals surface area (Å²) in [6, 6.07) is 21.6. The lowest BCUT2D eigenvalue weighted by Gasteiger charge is -2.15. The number of fused-ring (bicyclic) bond motifs is 4. The summed E-state index contributed by atoms with van der Waals surface area (Å²) in [5.41, 5.74) is 4.09. The Morgan fingerprint density at radius 3 is 2.51 bits per heavy atom. The molecule has 3 aromatic heterocycles. The molecule has 1 atom stereocenters. The summed E-state index contributed by atoms with van der Waals surface area (Å²) in [7, 11) is 0. The summed E-state index contributed by atoms with van der Waals surface area (Å²) in [4.78, 5) is 27.5. The number of imidazole rings is 1. The molecule has 0 aliphatic carbocycles. The fourth-order valence-electron chi connectivity index (χ4n) is 4.65. The van der Waals surface area contributed by atoms with Crippen LogP contribution >= 0.6 is 11.8 Å². The zero-order valence-electron chi connectivity index (χ0n) is 21.5. The molecular formula is C29H26FN7OS. The highest BCUT2D eigenvalue weighted by Crippen LogP contribution is 2.29. The fourth-order valence-corrected chi connectivity index (χ4v) is 5.62. The van der Waals surface area contributed by atoms with Gasteiger partial charge in [-0.1, -0.05) is 43.0 Å². The van der Waals surface area contributed by atoms with Crippen LogP contribution in [0.3, 0.4) is 0 Å². The van der Waals surface area contributed by atoms with Gasteiger partial charge < -0.3 is 9.88 Å². The van der Waals surface area contributed by atoms with E-state index in [0.29, 0.717) is 41.7 Å². The minimum Gasteiger partial charge on any atom is -0.328 e.